The summed E-state index contributed by atoms with van der Waals surface area (Å²) in [6.07, 6.45) is 3.20. The lowest BCUT2D eigenvalue weighted by Gasteiger charge is -2.26. The van der Waals surface area contributed by atoms with Crippen LogP contribution in [0, 0.1) is 11.7 Å². The van der Waals surface area contributed by atoms with E-state index in [2.05, 4.69) is 16.2 Å². The number of benzene rings is 1. The van der Waals surface area contributed by atoms with Crippen molar-refractivity contribution >= 4 is 11.9 Å². The molecule has 1 aromatic rings. The second-order valence-corrected chi connectivity index (χ2v) is 8.76. The average molecular weight is 422 g/mol. The number of hydrogen-bond donors (Lipinski definition) is 3. The first-order valence-electron chi connectivity index (χ1n) is 10.7. The van der Waals surface area contributed by atoms with E-state index in [1.807, 2.05) is 19.9 Å². The molecule has 0 aliphatic carbocycles. The van der Waals surface area contributed by atoms with E-state index in [1.54, 1.807) is 38.2 Å². The maximum absolute atomic E-state index is 13.4. The van der Waals surface area contributed by atoms with Gasteiger partial charge in [-0.1, -0.05) is 26.0 Å². The molecule has 0 radical (unpaired) electrons. The van der Waals surface area contributed by atoms with Crippen molar-refractivity contribution in [1.82, 2.24) is 26.0 Å². The Labute approximate surface area is 179 Å². The molecule has 1 fully saturated rings. The lowest BCUT2D eigenvalue weighted by atomic mass is 9.99. The Hall–Kier alpha value is -2.19. The van der Waals surface area contributed by atoms with Crippen LogP contribution in [0.25, 0.3) is 0 Å². The minimum atomic E-state index is -0.511. The van der Waals surface area contributed by atoms with Gasteiger partial charge in [-0.25, -0.2) is 9.18 Å². The van der Waals surface area contributed by atoms with Crippen molar-refractivity contribution in [2.45, 2.75) is 57.7 Å². The van der Waals surface area contributed by atoms with Gasteiger partial charge < -0.3 is 15.1 Å². The smallest absolute Gasteiger partial charge is 0.317 e. The van der Waals surface area contributed by atoms with Gasteiger partial charge in [0.25, 0.3) is 0 Å². The third kappa shape index (κ3) is 7.25. The fourth-order valence-electron chi connectivity index (χ4n) is 3.69. The Balaban J connectivity index is 1.76. The summed E-state index contributed by atoms with van der Waals surface area (Å²) in [6, 6.07) is 6.25. The van der Waals surface area contributed by atoms with Crippen LogP contribution in [0.1, 0.15) is 51.1 Å². The topological polar surface area (TPSA) is 76.7 Å². The number of nitrogens with zero attached hydrogens (tertiary/aromatic N) is 2. The number of halogens is 1. The highest BCUT2D eigenvalue weighted by atomic mass is 19.1. The fourth-order valence-corrected chi connectivity index (χ4v) is 3.69. The normalized spacial score (nSPS) is 19.6. The molecule has 0 aromatic heterocycles. The number of amides is 3. The predicted octanol–water partition coefficient (Wildman–Crippen LogP) is 2.66. The van der Waals surface area contributed by atoms with Gasteiger partial charge in [0.2, 0.25) is 5.91 Å². The minimum Gasteiger partial charge on any atom is -0.347 e. The first-order chi connectivity index (χ1) is 14.2. The number of rotatable bonds is 9. The zero-order chi connectivity index (χ0) is 22.3. The zero-order valence-electron chi connectivity index (χ0n) is 18.7. The highest BCUT2D eigenvalue weighted by Gasteiger charge is 2.26. The van der Waals surface area contributed by atoms with E-state index in [1.165, 1.54) is 11.0 Å². The molecule has 30 heavy (non-hydrogen) atoms. The van der Waals surface area contributed by atoms with Crippen LogP contribution in [-0.4, -0.2) is 61.5 Å². The van der Waals surface area contributed by atoms with Crippen LogP contribution < -0.4 is 16.2 Å². The molecule has 1 aliphatic heterocycles. The molecular weight excluding hydrogens is 385 g/mol. The highest BCUT2D eigenvalue weighted by Crippen LogP contribution is 2.24. The van der Waals surface area contributed by atoms with Crippen LogP contribution in [0.5, 0.6) is 0 Å². The van der Waals surface area contributed by atoms with Crippen LogP contribution in [0.3, 0.4) is 0 Å². The van der Waals surface area contributed by atoms with Gasteiger partial charge in [0.1, 0.15) is 11.9 Å². The summed E-state index contributed by atoms with van der Waals surface area (Å²) in [5, 5.41) is 2.87. The molecule has 3 unspecified atom stereocenters. The second kappa shape index (κ2) is 11.3. The molecule has 0 saturated carbocycles. The molecule has 2 rings (SSSR count). The first kappa shape index (κ1) is 24.1. The molecule has 1 saturated heterocycles. The van der Waals surface area contributed by atoms with Gasteiger partial charge in [0, 0.05) is 39.8 Å². The molecule has 7 nitrogen and oxygen atoms in total. The Bertz CT molecular complexity index is 713. The predicted molar refractivity (Wildman–Crippen MR) is 116 cm³/mol. The van der Waals surface area contributed by atoms with E-state index in [4.69, 9.17) is 0 Å². The number of hydrogen-bond acceptors (Lipinski definition) is 4. The summed E-state index contributed by atoms with van der Waals surface area (Å²) in [7, 11) is 5.15. The van der Waals surface area contributed by atoms with Crippen LogP contribution in [0.2, 0.25) is 0 Å². The molecule has 168 valence electrons. The molecule has 3 amide bonds. The molecule has 1 heterocycles. The SMILES string of the molecule is CC(C)CC(NC(=O)N(C)CCCC1CC(c2cccc(F)c2)NN1)C(=O)N(C)C. The summed E-state index contributed by atoms with van der Waals surface area (Å²) >= 11 is 0. The zero-order valence-corrected chi connectivity index (χ0v) is 18.7. The summed E-state index contributed by atoms with van der Waals surface area (Å²) in [6.45, 7) is 4.66. The lowest BCUT2D eigenvalue weighted by Crippen LogP contribution is -2.50. The van der Waals surface area contributed by atoms with Gasteiger partial charge in [-0.3, -0.25) is 15.6 Å². The van der Waals surface area contributed by atoms with E-state index in [9.17, 15) is 14.0 Å². The monoisotopic (exact) mass is 421 g/mol. The maximum atomic E-state index is 13.4. The Morgan fingerprint density at radius 2 is 1.97 bits per heavy atom. The third-order valence-corrected chi connectivity index (χ3v) is 5.37. The van der Waals surface area contributed by atoms with Crippen LogP contribution in [0.4, 0.5) is 9.18 Å². The molecule has 1 aliphatic rings. The van der Waals surface area contributed by atoms with Crippen LogP contribution in [-0.2, 0) is 4.79 Å². The third-order valence-electron chi connectivity index (χ3n) is 5.37. The van der Waals surface area contributed by atoms with Crippen molar-refractivity contribution in [2.75, 3.05) is 27.7 Å². The van der Waals surface area contributed by atoms with E-state index in [0.29, 0.717) is 18.9 Å². The van der Waals surface area contributed by atoms with Crippen LogP contribution >= 0.6 is 0 Å². The van der Waals surface area contributed by atoms with E-state index >= 15 is 0 Å². The standard InChI is InChI=1S/C22H36FN5O2/c1-15(2)12-20(21(29)27(3)4)24-22(30)28(5)11-7-10-18-14-19(26-25-18)16-8-6-9-17(23)13-16/h6,8-9,13,15,18-20,25-26H,7,10-12,14H2,1-5H3,(H,24,30). The molecule has 8 heteroatoms. The number of hydrazine groups is 1. The van der Waals surface area contributed by atoms with Crippen molar-refractivity contribution in [1.29, 1.82) is 0 Å². The van der Waals surface area contributed by atoms with E-state index < -0.39 is 6.04 Å². The van der Waals surface area contributed by atoms with Crippen molar-refractivity contribution in [3.63, 3.8) is 0 Å². The second-order valence-electron chi connectivity index (χ2n) is 8.76. The van der Waals surface area contributed by atoms with Gasteiger partial charge in [-0.15, -0.1) is 0 Å². The van der Waals surface area contributed by atoms with Crippen molar-refractivity contribution < 1.29 is 14.0 Å². The number of carbonyl (C=O) groups is 2. The van der Waals surface area contributed by atoms with E-state index in [-0.39, 0.29) is 29.8 Å². The number of urea groups is 1. The van der Waals surface area contributed by atoms with Gasteiger partial charge >= 0.3 is 6.03 Å². The first-order valence-corrected chi connectivity index (χ1v) is 10.7. The number of nitrogens with one attached hydrogen (secondary N) is 3. The molecule has 0 spiro atoms. The fraction of sp³-hybridized carbons (Fsp3) is 0.636. The Morgan fingerprint density at radius 1 is 1.23 bits per heavy atom. The van der Waals surface area contributed by atoms with Gasteiger partial charge in [0.15, 0.2) is 0 Å². The van der Waals surface area contributed by atoms with Crippen molar-refractivity contribution in [3.8, 4) is 0 Å². The molecule has 1 aromatic carbocycles. The molecule has 3 N–H and O–H groups in total. The highest BCUT2D eigenvalue weighted by molar-refractivity contribution is 5.86. The molecular formula is C22H36FN5O2. The lowest BCUT2D eigenvalue weighted by molar-refractivity contribution is -0.131. The van der Waals surface area contributed by atoms with Gasteiger partial charge in [-0.2, -0.15) is 0 Å². The van der Waals surface area contributed by atoms with Gasteiger partial charge in [-0.05, 0) is 49.3 Å². The molecule has 0 bridgehead atoms. The summed E-state index contributed by atoms with van der Waals surface area (Å²) in [4.78, 5) is 28.0. The summed E-state index contributed by atoms with van der Waals surface area (Å²) < 4.78 is 13.4. The summed E-state index contributed by atoms with van der Waals surface area (Å²) in [5.41, 5.74) is 7.43. The Kier molecular flexibility index (Phi) is 9.05. The van der Waals surface area contributed by atoms with Crippen LogP contribution in [0.15, 0.2) is 24.3 Å². The maximum Gasteiger partial charge on any atom is 0.317 e. The average Bonchev–Trinajstić information content (AvgIpc) is 3.15. The molecule has 3 atom stereocenters. The number of carbonyl (C=O) groups excluding carboxylic acids is 2. The quantitative estimate of drug-likeness (QED) is 0.573. The Morgan fingerprint density at radius 3 is 2.60 bits per heavy atom. The minimum absolute atomic E-state index is 0.0839. The van der Waals surface area contributed by atoms with Gasteiger partial charge in [0.05, 0.1) is 0 Å². The van der Waals surface area contributed by atoms with Crippen molar-refractivity contribution in [2.24, 2.45) is 5.92 Å². The summed E-state index contributed by atoms with van der Waals surface area (Å²) in [5.74, 6) is -0.0135. The largest absolute Gasteiger partial charge is 0.347 e. The number of likely N-dealkylation sites (N-methyl/N-ethyl adjacent to an activating group) is 1. The van der Waals surface area contributed by atoms with E-state index in [0.717, 1.165) is 24.8 Å². The van der Waals surface area contributed by atoms with Crippen molar-refractivity contribution in [3.05, 3.63) is 35.6 Å².